The van der Waals surface area contributed by atoms with Crippen LogP contribution in [0.1, 0.15) is 33.1 Å². The molecule has 0 aliphatic carbocycles. The van der Waals surface area contributed by atoms with Crippen molar-refractivity contribution in [2.75, 3.05) is 33.2 Å². The summed E-state index contributed by atoms with van der Waals surface area (Å²) in [5.74, 6) is 0.365. The van der Waals surface area contributed by atoms with Gasteiger partial charge in [0, 0.05) is 25.7 Å². The summed E-state index contributed by atoms with van der Waals surface area (Å²) in [6.07, 6.45) is 3.06. The average Bonchev–Trinajstić information content (AvgIpc) is 2.49. The fourth-order valence-corrected chi connectivity index (χ4v) is 3.17. The van der Waals surface area contributed by atoms with Gasteiger partial charge in [0.2, 0.25) is 5.91 Å². The molecule has 0 aromatic rings. The van der Waals surface area contributed by atoms with E-state index in [4.69, 9.17) is 5.73 Å². The Morgan fingerprint density at radius 1 is 1.24 bits per heavy atom. The summed E-state index contributed by atoms with van der Waals surface area (Å²) >= 11 is 0. The number of nitrogens with zero attached hydrogens (tertiary/aromatic N) is 2. The molecule has 1 amide bonds. The van der Waals surface area contributed by atoms with Crippen molar-refractivity contribution in [1.29, 1.82) is 0 Å². The molecule has 17 heavy (non-hydrogen) atoms. The highest BCUT2D eigenvalue weighted by Gasteiger charge is 2.46. The van der Waals surface area contributed by atoms with Crippen molar-refractivity contribution in [1.82, 2.24) is 9.80 Å². The van der Waals surface area contributed by atoms with Crippen LogP contribution in [0.15, 0.2) is 0 Å². The number of amides is 1. The second-order valence-corrected chi connectivity index (χ2v) is 6.52. The summed E-state index contributed by atoms with van der Waals surface area (Å²) in [4.78, 5) is 16.4. The van der Waals surface area contributed by atoms with Gasteiger partial charge in [0.25, 0.3) is 0 Å². The molecule has 2 fully saturated rings. The fraction of sp³-hybridized carbons (Fsp3) is 0.923. The van der Waals surface area contributed by atoms with E-state index < -0.39 is 0 Å². The Morgan fingerprint density at radius 3 is 2.18 bits per heavy atom. The van der Waals surface area contributed by atoms with Gasteiger partial charge in [-0.3, -0.25) is 4.79 Å². The maximum Gasteiger partial charge on any atom is 0.228 e. The lowest BCUT2D eigenvalue weighted by atomic mass is 9.77. The van der Waals surface area contributed by atoms with Gasteiger partial charge in [0.1, 0.15) is 0 Å². The van der Waals surface area contributed by atoms with Gasteiger partial charge < -0.3 is 15.5 Å². The molecule has 98 valence electrons. The van der Waals surface area contributed by atoms with Crippen LogP contribution in [0, 0.1) is 5.41 Å². The van der Waals surface area contributed by atoms with Crippen LogP contribution in [-0.4, -0.2) is 54.5 Å². The summed E-state index contributed by atoms with van der Waals surface area (Å²) in [5, 5.41) is 0. The van der Waals surface area contributed by atoms with Crippen LogP contribution < -0.4 is 5.73 Å². The molecule has 2 rings (SSSR count). The lowest BCUT2D eigenvalue weighted by Gasteiger charge is -2.40. The molecule has 4 nitrogen and oxygen atoms in total. The SMILES string of the molecule is CN1CCC2(CCN(CC(C)(C)N)CC2)C1=O. The quantitative estimate of drug-likeness (QED) is 0.770. The number of hydrogen-bond donors (Lipinski definition) is 1. The van der Waals surface area contributed by atoms with E-state index in [2.05, 4.69) is 18.7 Å². The largest absolute Gasteiger partial charge is 0.345 e. The molecule has 2 heterocycles. The summed E-state index contributed by atoms with van der Waals surface area (Å²) < 4.78 is 0. The standard InChI is InChI=1S/C13H25N3O/c1-12(2,14)10-16-8-5-13(6-9-16)4-7-15(3)11(13)17/h4-10,14H2,1-3H3. The lowest BCUT2D eigenvalue weighted by molar-refractivity contribution is -0.137. The first kappa shape index (κ1) is 12.8. The lowest BCUT2D eigenvalue weighted by Crippen LogP contribution is -2.51. The minimum atomic E-state index is -0.138. The molecule has 0 radical (unpaired) electrons. The van der Waals surface area contributed by atoms with Crippen LogP contribution in [0.5, 0.6) is 0 Å². The Hall–Kier alpha value is -0.610. The predicted octanol–water partition coefficient (Wildman–Crippen LogP) is 0.668. The highest BCUT2D eigenvalue weighted by atomic mass is 16.2. The van der Waals surface area contributed by atoms with Gasteiger partial charge in [0.15, 0.2) is 0 Å². The first-order chi connectivity index (χ1) is 7.82. The summed E-state index contributed by atoms with van der Waals surface area (Å²) in [5.41, 5.74) is 5.87. The smallest absolute Gasteiger partial charge is 0.228 e. The van der Waals surface area contributed by atoms with Crippen LogP contribution >= 0.6 is 0 Å². The summed E-state index contributed by atoms with van der Waals surface area (Å²) in [7, 11) is 1.92. The predicted molar refractivity (Wildman–Crippen MR) is 68.6 cm³/mol. The van der Waals surface area contributed by atoms with Crippen molar-refractivity contribution in [3.63, 3.8) is 0 Å². The number of hydrogen-bond acceptors (Lipinski definition) is 3. The van der Waals surface area contributed by atoms with Gasteiger partial charge in [-0.1, -0.05) is 0 Å². The van der Waals surface area contributed by atoms with Crippen LogP contribution in [0.25, 0.3) is 0 Å². The Morgan fingerprint density at radius 2 is 1.76 bits per heavy atom. The molecule has 2 N–H and O–H groups in total. The third-order valence-electron chi connectivity index (χ3n) is 4.17. The molecule has 0 aromatic heterocycles. The molecule has 0 aromatic carbocycles. The van der Waals surface area contributed by atoms with E-state index in [1.807, 2.05) is 11.9 Å². The minimum Gasteiger partial charge on any atom is -0.345 e. The first-order valence-corrected chi connectivity index (χ1v) is 6.59. The second-order valence-electron chi connectivity index (χ2n) is 6.52. The molecule has 2 aliphatic heterocycles. The molecular weight excluding hydrogens is 214 g/mol. The van der Waals surface area contributed by atoms with E-state index in [1.54, 1.807) is 0 Å². The number of carbonyl (C=O) groups is 1. The molecule has 0 atom stereocenters. The molecule has 0 bridgehead atoms. The number of nitrogens with two attached hydrogens (primary N) is 1. The topological polar surface area (TPSA) is 49.6 Å². The third kappa shape index (κ3) is 2.63. The van der Waals surface area contributed by atoms with Crippen LogP contribution in [0.2, 0.25) is 0 Å². The van der Waals surface area contributed by atoms with Gasteiger partial charge in [0.05, 0.1) is 5.41 Å². The molecule has 0 unspecified atom stereocenters. The summed E-state index contributed by atoms with van der Waals surface area (Å²) in [6.45, 7) is 8.01. The number of piperidine rings is 1. The molecule has 1 spiro atoms. The molecule has 2 saturated heterocycles. The van der Waals surface area contributed by atoms with Crippen molar-refractivity contribution in [2.24, 2.45) is 11.1 Å². The van der Waals surface area contributed by atoms with E-state index in [1.165, 1.54) is 0 Å². The third-order valence-corrected chi connectivity index (χ3v) is 4.17. The summed E-state index contributed by atoms with van der Waals surface area (Å²) in [6, 6.07) is 0. The van der Waals surface area contributed by atoms with Gasteiger partial charge >= 0.3 is 0 Å². The van der Waals surface area contributed by atoms with E-state index in [0.717, 1.165) is 45.4 Å². The molecule has 2 aliphatic rings. The Bertz CT molecular complexity index is 300. The van der Waals surface area contributed by atoms with Crippen molar-refractivity contribution >= 4 is 5.91 Å². The molecular formula is C13H25N3O. The van der Waals surface area contributed by atoms with Crippen LogP contribution in [0.3, 0.4) is 0 Å². The van der Waals surface area contributed by atoms with Crippen molar-refractivity contribution in [2.45, 2.75) is 38.6 Å². The van der Waals surface area contributed by atoms with Gasteiger partial charge in [-0.2, -0.15) is 0 Å². The van der Waals surface area contributed by atoms with E-state index >= 15 is 0 Å². The fourth-order valence-electron chi connectivity index (χ4n) is 3.17. The highest BCUT2D eigenvalue weighted by Crippen LogP contribution is 2.40. The Balaban J connectivity index is 1.92. The molecule has 0 saturated carbocycles. The Labute approximate surface area is 104 Å². The van der Waals surface area contributed by atoms with E-state index in [-0.39, 0.29) is 11.0 Å². The van der Waals surface area contributed by atoms with Crippen LogP contribution in [-0.2, 0) is 4.79 Å². The van der Waals surface area contributed by atoms with Crippen molar-refractivity contribution < 1.29 is 4.79 Å². The van der Waals surface area contributed by atoms with E-state index in [0.29, 0.717) is 5.91 Å². The zero-order valence-electron chi connectivity index (χ0n) is 11.3. The van der Waals surface area contributed by atoms with Gasteiger partial charge in [-0.25, -0.2) is 0 Å². The van der Waals surface area contributed by atoms with Gasteiger partial charge in [-0.05, 0) is 46.2 Å². The highest BCUT2D eigenvalue weighted by molar-refractivity contribution is 5.84. The van der Waals surface area contributed by atoms with Crippen molar-refractivity contribution in [3.05, 3.63) is 0 Å². The Kier molecular flexibility index (Phi) is 3.21. The number of rotatable bonds is 2. The monoisotopic (exact) mass is 239 g/mol. The maximum absolute atomic E-state index is 12.2. The zero-order chi connectivity index (χ0) is 12.7. The van der Waals surface area contributed by atoms with Gasteiger partial charge in [-0.15, -0.1) is 0 Å². The number of likely N-dealkylation sites (tertiary alicyclic amines) is 2. The molecule has 4 heteroatoms. The first-order valence-electron chi connectivity index (χ1n) is 6.59. The minimum absolute atomic E-state index is 0.0377. The van der Waals surface area contributed by atoms with E-state index in [9.17, 15) is 4.79 Å². The average molecular weight is 239 g/mol. The van der Waals surface area contributed by atoms with Crippen LogP contribution in [0.4, 0.5) is 0 Å². The maximum atomic E-state index is 12.2. The van der Waals surface area contributed by atoms with Crippen molar-refractivity contribution in [3.8, 4) is 0 Å². The second kappa shape index (κ2) is 4.25. The number of carbonyl (C=O) groups excluding carboxylic acids is 1. The zero-order valence-corrected chi connectivity index (χ0v) is 11.3. The normalized spacial score (nSPS) is 25.9.